The molecule has 2 aliphatic carbocycles. The topological polar surface area (TPSA) is 95.8 Å². The lowest BCUT2D eigenvalue weighted by atomic mass is 9.93. The first-order valence-corrected chi connectivity index (χ1v) is 6.59. The summed E-state index contributed by atoms with van der Waals surface area (Å²) in [5, 5.41) is 6.95. The van der Waals surface area contributed by atoms with Crippen LogP contribution in [-0.2, 0) is 12.8 Å². The van der Waals surface area contributed by atoms with Gasteiger partial charge in [-0.1, -0.05) is 5.11 Å². The number of azide groups is 1. The molecule has 0 saturated heterocycles. The number of rotatable bonds is 5. The van der Waals surface area contributed by atoms with Gasteiger partial charge in [-0.05, 0) is 43.2 Å². The van der Waals surface area contributed by atoms with Gasteiger partial charge in [-0.3, -0.25) is 0 Å². The highest BCUT2D eigenvalue weighted by Crippen LogP contribution is 2.25. The van der Waals surface area contributed by atoms with Crippen LogP contribution in [0.25, 0.3) is 10.4 Å². The fourth-order valence-corrected chi connectivity index (χ4v) is 2.40. The van der Waals surface area contributed by atoms with Crippen LogP contribution in [-0.4, -0.2) is 28.8 Å². The molecule has 1 atom stereocenters. The van der Waals surface area contributed by atoms with E-state index in [0.717, 1.165) is 31.0 Å². The van der Waals surface area contributed by atoms with Gasteiger partial charge < -0.3 is 10.1 Å². The minimum atomic E-state index is -0.0683. The van der Waals surface area contributed by atoms with Crippen molar-refractivity contribution in [3.63, 3.8) is 0 Å². The van der Waals surface area contributed by atoms with Gasteiger partial charge in [0.2, 0.25) is 0 Å². The quantitative estimate of drug-likeness (QED) is 0.495. The molecule has 1 aromatic heterocycles. The Labute approximate surface area is 111 Å². The van der Waals surface area contributed by atoms with Gasteiger partial charge in [0.05, 0.1) is 5.69 Å². The monoisotopic (exact) mass is 260 g/mol. The zero-order valence-electron chi connectivity index (χ0n) is 10.6. The first-order valence-electron chi connectivity index (χ1n) is 6.59. The molecule has 1 fully saturated rings. The molecule has 7 heteroatoms. The number of aromatic nitrogens is 2. The highest BCUT2D eigenvalue weighted by molar-refractivity contribution is 5.23. The summed E-state index contributed by atoms with van der Waals surface area (Å²) in [6.45, 7) is -0.0683. The molecule has 19 heavy (non-hydrogen) atoms. The van der Waals surface area contributed by atoms with Crippen molar-refractivity contribution in [2.24, 2.45) is 5.11 Å². The normalized spacial score (nSPS) is 21.4. The van der Waals surface area contributed by atoms with Crippen LogP contribution in [0.5, 0.6) is 6.01 Å². The molecule has 1 N–H and O–H groups in total. The van der Waals surface area contributed by atoms with E-state index in [9.17, 15) is 0 Å². The summed E-state index contributed by atoms with van der Waals surface area (Å²) < 4.78 is 5.16. The van der Waals surface area contributed by atoms with E-state index in [4.69, 9.17) is 10.3 Å². The van der Waals surface area contributed by atoms with E-state index in [1.54, 1.807) is 0 Å². The largest absolute Gasteiger partial charge is 0.457 e. The molecule has 7 nitrogen and oxygen atoms in total. The molecule has 1 saturated carbocycles. The maximum atomic E-state index is 8.17. The summed E-state index contributed by atoms with van der Waals surface area (Å²) in [6, 6.07) is 1.58. The smallest absolute Gasteiger partial charge is 0.316 e. The van der Waals surface area contributed by atoms with Crippen molar-refractivity contribution in [3.8, 4) is 6.01 Å². The van der Waals surface area contributed by atoms with E-state index in [2.05, 4.69) is 25.3 Å². The second-order valence-corrected chi connectivity index (χ2v) is 5.01. The third-order valence-electron chi connectivity index (χ3n) is 3.49. The SMILES string of the molecule is [N-]=[N+]=NCOc1ncc2c(n1)CCC(NC1CC1)C2. The van der Waals surface area contributed by atoms with Gasteiger partial charge in [0, 0.05) is 23.2 Å². The van der Waals surface area contributed by atoms with E-state index >= 15 is 0 Å². The molecule has 1 aromatic rings. The van der Waals surface area contributed by atoms with Crippen LogP contribution in [0.2, 0.25) is 0 Å². The number of hydrogen-bond donors (Lipinski definition) is 1. The number of fused-ring (bicyclic) bond motifs is 1. The predicted octanol–water partition coefficient (Wildman–Crippen LogP) is 1.73. The molecule has 0 bridgehead atoms. The van der Waals surface area contributed by atoms with Crippen LogP contribution >= 0.6 is 0 Å². The predicted molar refractivity (Wildman–Crippen MR) is 68.6 cm³/mol. The summed E-state index contributed by atoms with van der Waals surface area (Å²) >= 11 is 0. The summed E-state index contributed by atoms with van der Waals surface area (Å²) in [6.07, 6.45) is 7.49. The molecule has 3 rings (SSSR count). The van der Waals surface area contributed by atoms with Crippen molar-refractivity contribution in [1.29, 1.82) is 0 Å². The number of nitrogens with one attached hydrogen (secondary N) is 1. The van der Waals surface area contributed by atoms with Crippen LogP contribution in [0.3, 0.4) is 0 Å². The Kier molecular flexibility index (Phi) is 3.48. The number of ether oxygens (including phenoxy) is 1. The average Bonchev–Trinajstić information content (AvgIpc) is 3.23. The van der Waals surface area contributed by atoms with Gasteiger partial charge in [0.15, 0.2) is 6.73 Å². The van der Waals surface area contributed by atoms with Crippen LogP contribution in [0, 0.1) is 0 Å². The molecular formula is C12H16N6O. The average molecular weight is 260 g/mol. The van der Waals surface area contributed by atoms with Crippen LogP contribution in [0.4, 0.5) is 0 Å². The molecule has 1 unspecified atom stereocenters. The van der Waals surface area contributed by atoms with E-state index in [1.165, 1.54) is 18.4 Å². The van der Waals surface area contributed by atoms with Gasteiger partial charge in [-0.2, -0.15) is 4.98 Å². The molecule has 100 valence electrons. The van der Waals surface area contributed by atoms with Crippen LogP contribution < -0.4 is 10.1 Å². The molecule has 0 aromatic carbocycles. The van der Waals surface area contributed by atoms with Gasteiger partial charge in [-0.15, -0.1) is 0 Å². The Morgan fingerprint density at radius 1 is 1.42 bits per heavy atom. The Morgan fingerprint density at radius 2 is 2.32 bits per heavy atom. The summed E-state index contributed by atoms with van der Waals surface area (Å²) in [7, 11) is 0. The number of aryl methyl sites for hydroxylation is 1. The lowest BCUT2D eigenvalue weighted by Gasteiger charge is -2.24. The lowest BCUT2D eigenvalue weighted by Crippen LogP contribution is -2.36. The van der Waals surface area contributed by atoms with Crippen molar-refractivity contribution in [1.82, 2.24) is 15.3 Å². The maximum Gasteiger partial charge on any atom is 0.316 e. The van der Waals surface area contributed by atoms with Crippen molar-refractivity contribution in [2.75, 3.05) is 6.73 Å². The minimum Gasteiger partial charge on any atom is -0.457 e. The van der Waals surface area contributed by atoms with Gasteiger partial charge >= 0.3 is 6.01 Å². The molecule has 0 spiro atoms. The Hall–Kier alpha value is -1.85. The van der Waals surface area contributed by atoms with E-state index in [1.807, 2.05) is 6.20 Å². The Morgan fingerprint density at radius 3 is 3.11 bits per heavy atom. The van der Waals surface area contributed by atoms with E-state index < -0.39 is 0 Å². The number of hydrogen-bond acceptors (Lipinski definition) is 5. The van der Waals surface area contributed by atoms with Crippen molar-refractivity contribution >= 4 is 0 Å². The van der Waals surface area contributed by atoms with Crippen LogP contribution in [0.15, 0.2) is 11.3 Å². The highest BCUT2D eigenvalue weighted by atomic mass is 16.5. The molecule has 0 radical (unpaired) electrons. The zero-order chi connectivity index (χ0) is 13.1. The summed E-state index contributed by atoms with van der Waals surface area (Å²) in [5.74, 6) is 0. The lowest BCUT2D eigenvalue weighted by molar-refractivity contribution is 0.299. The first-order chi connectivity index (χ1) is 9.35. The highest BCUT2D eigenvalue weighted by Gasteiger charge is 2.27. The molecule has 0 amide bonds. The van der Waals surface area contributed by atoms with Gasteiger partial charge in [0.25, 0.3) is 0 Å². The molecule has 1 heterocycles. The van der Waals surface area contributed by atoms with E-state index in [-0.39, 0.29) is 6.73 Å². The molecule has 2 aliphatic rings. The Balaban J connectivity index is 1.63. The van der Waals surface area contributed by atoms with Crippen LogP contribution in [0.1, 0.15) is 30.5 Å². The number of nitrogens with zero attached hydrogens (tertiary/aromatic N) is 5. The first kappa shape index (κ1) is 12.2. The maximum absolute atomic E-state index is 8.17. The fourth-order valence-electron chi connectivity index (χ4n) is 2.40. The van der Waals surface area contributed by atoms with Crippen molar-refractivity contribution in [2.45, 2.75) is 44.2 Å². The van der Waals surface area contributed by atoms with Gasteiger partial charge in [0.1, 0.15) is 0 Å². The summed E-state index contributed by atoms with van der Waals surface area (Å²) in [5.41, 5.74) is 10.4. The summed E-state index contributed by atoms with van der Waals surface area (Å²) in [4.78, 5) is 11.1. The Bertz CT molecular complexity index is 509. The molecule has 0 aliphatic heterocycles. The van der Waals surface area contributed by atoms with Gasteiger partial charge in [-0.25, -0.2) is 4.98 Å². The minimum absolute atomic E-state index is 0.0683. The van der Waals surface area contributed by atoms with E-state index in [0.29, 0.717) is 12.1 Å². The molecular weight excluding hydrogens is 244 g/mol. The fraction of sp³-hybridized carbons (Fsp3) is 0.667. The third kappa shape index (κ3) is 3.13. The van der Waals surface area contributed by atoms with Crippen molar-refractivity contribution < 1.29 is 4.74 Å². The third-order valence-corrected chi connectivity index (χ3v) is 3.49. The van der Waals surface area contributed by atoms with Crippen molar-refractivity contribution in [3.05, 3.63) is 27.9 Å². The second-order valence-electron chi connectivity index (χ2n) is 5.01. The second kappa shape index (κ2) is 5.42. The standard InChI is InChI=1S/C12H16N6O/c13-18-15-7-19-12-14-6-8-5-10(16-9-1-2-9)3-4-11(8)17-12/h6,9-10,16H,1-5,7H2. The zero-order valence-corrected chi connectivity index (χ0v) is 10.6.